The molecule has 0 heterocycles. The van der Waals surface area contributed by atoms with Crippen LogP contribution in [0.5, 0.6) is 5.75 Å². The molecule has 0 fully saturated rings. The molecule has 3 N–H and O–H groups in total. The SMILES string of the molecule is COc1ccc(NC(=O)C(Sc2cccc(NC(=O)c3c(Cl)c(Cl)c(Cl)c(Cl)c3C(=O)O)c2)c2ccccc2)cc1Cl. The van der Waals surface area contributed by atoms with Crippen molar-refractivity contribution in [1.82, 2.24) is 0 Å². The predicted molar refractivity (Wildman–Crippen MR) is 170 cm³/mol. The number of thioether (sulfide) groups is 1. The first-order valence-corrected chi connectivity index (χ1v) is 14.6. The molecule has 13 heteroatoms. The Hall–Kier alpha value is -3.11. The van der Waals surface area contributed by atoms with Gasteiger partial charge in [-0.25, -0.2) is 4.79 Å². The minimum absolute atomic E-state index is 0.252. The van der Waals surface area contributed by atoms with Gasteiger partial charge in [-0.05, 0) is 42.0 Å². The highest BCUT2D eigenvalue weighted by atomic mass is 35.5. The van der Waals surface area contributed by atoms with Crippen molar-refractivity contribution in [2.24, 2.45) is 0 Å². The van der Waals surface area contributed by atoms with Gasteiger partial charge >= 0.3 is 5.97 Å². The van der Waals surface area contributed by atoms with Crippen molar-refractivity contribution >= 4 is 98.9 Å². The largest absolute Gasteiger partial charge is 0.495 e. The summed E-state index contributed by atoms with van der Waals surface area (Å²) in [5.74, 6) is -2.22. The Morgan fingerprint density at radius 3 is 2.02 bits per heavy atom. The monoisotopic (exact) mass is 682 g/mol. The van der Waals surface area contributed by atoms with Gasteiger partial charge in [-0.1, -0.05) is 94.4 Å². The van der Waals surface area contributed by atoms with Gasteiger partial charge in [0, 0.05) is 16.3 Å². The predicted octanol–water partition coefficient (Wildman–Crippen LogP) is 9.38. The number of ether oxygens (including phenoxy) is 1. The molecule has 0 aromatic heterocycles. The number of carboxylic acids is 1. The van der Waals surface area contributed by atoms with Gasteiger partial charge in [0.05, 0.1) is 43.3 Å². The molecule has 1 unspecified atom stereocenters. The van der Waals surface area contributed by atoms with Crippen molar-refractivity contribution in [3.05, 3.63) is 115 Å². The summed E-state index contributed by atoms with van der Waals surface area (Å²) in [6.45, 7) is 0. The number of carbonyl (C=O) groups is 3. The molecule has 4 aromatic rings. The van der Waals surface area contributed by atoms with Crippen LogP contribution >= 0.6 is 69.8 Å². The zero-order valence-corrected chi connectivity index (χ0v) is 26.0. The van der Waals surface area contributed by atoms with Gasteiger partial charge in [0.15, 0.2) is 0 Å². The summed E-state index contributed by atoms with van der Waals surface area (Å²) in [7, 11) is 1.50. The quantitative estimate of drug-likeness (QED) is 0.0922. The first kappa shape index (κ1) is 31.8. The summed E-state index contributed by atoms with van der Waals surface area (Å²) in [5, 5.41) is 13.5. The van der Waals surface area contributed by atoms with E-state index in [4.69, 9.17) is 62.7 Å². The standard InChI is InChI=1S/C29H19Cl5N2O5S/c1-41-19-11-10-16(13-18(19)30)36-28(38)26(14-6-3-2-4-7-14)42-17-9-5-8-15(12-17)35-27(37)20-21(29(39)40)23(32)25(34)24(33)22(20)31/h2-13,26H,1H3,(H,35,37)(H,36,38)(H,39,40). The Balaban J connectivity index is 1.62. The number of amides is 2. The van der Waals surface area contributed by atoms with E-state index in [0.717, 1.165) is 5.56 Å². The number of methoxy groups -OCH3 is 1. The van der Waals surface area contributed by atoms with Gasteiger partial charge in [-0.15, -0.1) is 11.8 Å². The molecule has 0 radical (unpaired) electrons. The number of carbonyl (C=O) groups excluding carboxylic acids is 2. The third-order valence-electron chi connectivity index (χ3n) is 5.81. The highest BCUT2D eigenvalue weighted by Crippen LogP contribution is 2.42. The maximum Gasteiger partial charge on any atom is 0.338 e. The van der Waals surface area contributed by atoms with E-state index >= 15 is 0 Å². The Kier molecular flexibility index (Phi) is 10.5. The second-order valence-corrected chi connectivity index (χ2v) is 11.6. The van der Waals surface area contributed by atoms with E-state index in [-0.39, 0.29) is 21.0 Å². The van der Waals surface area contributed by atoms with Crippen molar-refractivity contribution in [3.8, 4) is 5.75 Å². The fourth-order valence-electron chi connectivity index (χ4n) is 3.88. The van der Waals surface area contributed by atoms with Crippen LogP contribution in [0.2, 0.25) is 25.1 Å². The zero-order chi connectivity index (χ0) is 30.6. The van der Waals surface area contributed by atoms with Crippen LogP contribution in [0.1, 0.15) is 31.5 Å². The minimum Gasteiger partial charge on any atom is -0.495 e. The molecule has 7 nitrogen and oxygen atoms in total. The lowest BCUT2D eigenvalue weighted by atomic mass is 10.1. The third kappa shape index (κ3) is 7.09. The first-order valence-electron chi connectivity index (χ1n) is 11.9. The van der Waals surface area contributed by atoms with E-state index in [2.05, 4.69) is 10.6 Å². The maximum absolute atomic E-state index is 13.5. The van der Waals surface area contributed by atoms with Crippen molar-refractivity contribution in [2.45, 2.75) is 10.1 Å². The van der Waals surface area contributed by atoms with Crippen LogP contribution in [0.3, 0.4) is 0 Å². The number of anilines is 2. The van der Waals surface area contributed by atoms with Crippen molar-refractivity contribution < 1.29 is 24.2 Å². The fourth-order valence-corrected chi connectivity index (χ4v) is 6.24. The average molecular weight is 685 g/mol. The molecule has 0 saturated heterocycles. The summed E-state index contributed by atoms with van der Waals surface area (Å²) < 4.78 is 5.18. The highest BCUT2D eigenvalue weighted by molar-refractivity contribution is 8.00. The maximum atomic E-state index is 13.5. The molecule has 0 bridgehead atoms. The number of hydrogen-bond donors (Lipinski definition) is 3. The number of halogens is 5. The van der Waals surface area contributed by atoms with Gasteiger partial charge in [-0.3, -0.25) is 9.59 Å². The molecule has 0 aliphatic heterocycles. The van der Waals surface area contributed by atoms with Crippen LogP contribution in [-0.2, 0) is 4.79 Å². The molecule has 0 saturated carbocycles. The number of aromatic carboxylic acids is 1. The smallest absolute Gasteiger partial charge is 0.338 e. The number of carboxylic acid groups (broad SMARTS) is 1. The van der Waals surface area contributed by atoms with Crippen LogP contribution < -0.4 is 15.4 Å². The third-order valence-corrected chi connectivity index (χ3v) is 9.16. The Morgan fingerprint density at radius 1 is 0.762 bits per heavy atom. The van der Waals surface area contributed by atoms with Gasteiger partial charge in [0.1, 0.15) is 11.0 Å². The molecule has 216 valence electrons. The summed E-state index contributed by atoms with van der Waals surface area (Å²) in [6, 6.07) is 20.7. The molecule has 1 atom stereocenters. The van der Waals surface area contributed by atoms with E-state index in [9.17, 15) is 19.5 Å². The Labute approximate surface area is 270 Å². The summed E-state index contributed by atoms with van der Waals surface area (Å²) in [4.78, 5) is 39.2. The van der Waals surface area contributed by atoms with Crippen LogP contribution in [0.4, 0.5) is 11.4 Å². The molecule has 42 heavy (non-hydrogen) atoms. The van der Waals surface area contributed by atoms with Crippen LogP contribution in [0.15, 0.2) is 77.7 Å². The lowest BCUT2D eigenvalue weighted by Crippen LogP contribution is -2.19. The number of rotatable bonds is 9. The molecule has 0 spiro atoms. The zero-order valence-electron chi connectivity index (χ0n) is 21.4. The number of benzene rings is 4. The van der Waals surface area contributed by atoms with E-state index < -0.39 is 33.3 Å². The van der Waals surface area contributed by atoms with Crippen molar-refractivity contribution in [2.75, 3.05) is 17.7 Å². The topological polar surface area (TPSA) is 105 Å². The highest BCUT2D eigenvalue weighted by Gasteiger charge is 2.29. The van der Waals surface area contributed by atoms with Gasteiger partial charge in [-0.2, -0.15) is 0 Å². The van der Waals surface area contributed by atoms with Gasteiger partial charge in [0.25, 0.3) is 5.91 Å². The molecule has 2 amide bonds. The average Bonchev–Trinajstić information content (AvgIpc) is 2.97. The minimum atomic E-state index is -1.51. The molecular formula is C29H19Cl5N2O5S. The van der Waals surface area contributed by atoms with E-state index in [1.807, 2.05) is 30.3 Å². The summed E-state index contributed by atoms with van der Waals surface area (Å²) in [5.41, 5.74) is 0.491. The van der Waals surface area contributed by atoms with Crippen LogP contribution in [0, 0.1) is 0 Å². The van der Waals surface area contributed by atoms with E-state index in [1.165, 1.54) is 18.9 Å². The van der Waals surface area contributed by atoms with Crippen molar-refractivity contribution in [1.29, 1.82) is 0 Å². The van der Waals surface area contributed by atoms with Gasteiger partial charge < -0.3 is 20.5 Å². The van der Waals surface area contributed by atoms with E-state index in [1.54, 1.807) is 42.5 Å². The molecule has 0 aliphatic carbocycles. The molecular weight excluding hydrogens is 666 g/mol. The summed E-state index contributed by atoms with van der Waals surface area (Å²) in [6.07, 6.45) is 0. The normalized spacial score (nSPS) is 11.5. The molecule has 4 rings (SSSR count). The van der Waals surface area contributed by atoms with Crippen LogP contribution in [-0.4, -0.2) is 30.0 Å². The molecule has 0 aliphatic rings. The first-order chi connectivity index (χ1) is 20.0. The van der Waals surface area contributed by atoms with Crippen LogP contribution in [0.25, 0.3) is 0 Å². The fraction of sp³-hybridized carbons (Fsp3) is 0.0690. The van der Waals surface area contributed by atoms with Gasteiger partial charge in [0.2, 0.25) is 5.91 Å². The van der Waals surface area contributed by atoms with E-state index in [0.29, 0.717) is 27.0 Å². The Bertz CT molecular complexity index is 1690. The second-order valence-electron chi connectivity index (χ2n) is 8.54. The lowest BCUT2D eigenvalue weighted by molar-refractivity contribution is -0.115. The lowest BCUT2D eigenvalue weighted by Gasteiger charge is -2.18. The summed E-state index contributed by atoms with van der Waals surface area (Å²) >= 11 is 31.8. The second kappa shape index (κ2) is 13.9. The molecule has 4 aromatic carbocycles. The van der Waals surface area contributed by atoms with Crippen molar-refractivity contribution in [3.63, 3.8) is 0 Å². The number of hydrogen-bond acceptors (Lipinski definition) is 5. The number of nitrogens with one attached hydrogen (secondary N) is 2. The Morgan fingerprint density at radius 2 is 1.40 bits per heavy atom.